The molecule has 0 saturated carbocycles. The molecule has 0 spiro atoms. The molecule has 0 bridgehead atoms. The van der Waals surface area contributed by atoms with Gasteiger partial charge in [-0.1, -0.05) is 0 Å². The highest BCUT2D eigenvalue weighted by Crippen LogP contribution is 2.21. The topological polar surface area (TPSA) is 128 Å². The Morgan fingerprint density at radius 3 is 2.41 bits per heavy atom. The fourth-order valence-corrected chi connectivity index (χ4v) is 2.13. The van der Waals surface area contributed by atoms with Gasteiger partial charge < -0.3 is 20.7 Å². The Balaban J connectivity index is 2.65. The van der Waals surface area contributed by atoms with Crippen LogP contribution in [-0.2, 0) is 6.42 Å². The number of methoxy groups -OCH3 is 1. The molecule has 4 N–H and O–H groups in total. The van der Waals surface area contributed by atoms with Gasteiger partial charge in [-0.15, -0.1) is 0 Å². The second kappa shape index (κ2) is 6.27. The zero-order chi connectivity index (χ0) is 16.3. The molecule has 0 aliphatic heterocycles. The van der Waals surface area contributed by atoms with Gasteiger partial charge in [-0.05, 0) is 24.3 Å². The van der Waals surface area contributed by atoms with Crippen LogP contribution in [0.25, 0.3) is 5.69 Å². The monoisotopic (exact) mass is 305 g/mol. The van der Waals surface area contributed by atoms with Crippen LogP contribution in [-0.4, -0.2) is 45.6 Å². The maximum atomic E-state index is 11.5. The molecule has 0 aliphatic carbocycles. The second-order valence-electron chi connectivity index (χ2n) is 4.43. The minimum Gasteiger partial charge on any atom is -0.497 e. The summed E-state index contributed by atoms with van der Waals surface area (Å²) in [6.45, 7) is -0.325. The summed E-state index contributed by atoms with van der Waals surface area (Å²) in [5.74, 6) is -1.52. The molecule has 0 fully saturated rings. The van der Waals surface area contributed by atoms with Gasteiger partial charge in [0.25, 0.3) is 5.91 Å². The maximum absolute atomic E-state index is 11.5. The van der Waals surface area contributed by atoms with Crippen LogP contribution in [0.15, 0.2) is 24.3 Å². The minimum absolute atomic E-state index is 0.0317. The standard InChI is InChI=1S/C14H15N3O5/c1-22-9-4-2-8(3-5-9)17-12(14(20)21)10(6-7-18)11(16-17)13(15)19/h2-5,18H,6-7H2,1H3,(H2,15,19)(H,20,21). The molecule has 116 valence electrons. The molecule has 8 heteroatoms. The van der Waals surface area contributed by atoms with Crippen molar-refractivity contribution in [2.45, 2.75) is 6.42 Å². The number of aliphatic hydroxyl groups is 1. The van der Waals surface area contributed by atoms with Gasteiger partial charge in [0.05, 0.1) is 12.8 Å². The summed E-state index contributed by atoms with van der Waals surface area (Å²) in [5.41, 5.74) is 5.42. The van der Waals surface area contributed by atoms with E-state index in [0.29, 0.717) is 11.4 Å². The zero-order valence-electron chi connectivity index (χ0n) is 11.8. The number of primary amides is 1. The predicted octanol–water partition coefficient (Wildman–Crippen LogP) is 0.213. The number of benzene rings is 1. The molecule has 0 aliphatic rings. The molecule has 1 amide bonds. The smallest absolute Gasteiger partial charge is 0.354 e. The van der Waals surface area contributed by atoms with Crippen molar-refractivity contribution in [2.75, 3.05) is 13.7 Å². The Morgan fingerprint density at radius 1 is 1.32 bits per heavy atom. The van der Waals surface area contributed by atoms with E-state index in [1.54, 1.807) is 24.3 Å². The maximum Gasteiger partial charge on any atom is 0.354 e. The van der Waals surface area contributed by atoms with Gasteiger partial charge in [0, 0.05) is 18.6 Å². The highest BCUT2D eigenvalue weighted by molar-refractivity contribution is 5.97. The molecular weight excluding hydrogens is 290 g/mol. The van der Waals surface area contributed by atoms with Gasteiger partial charge in [0.1, 0.15) is 5.75 Å². The van der Waals surface area contributed by atoms with Crippen molar-refractivity contribution < 1.29 is 24.5 Å². The van der Waals surface area contributed by atoms with Gasteiger partial charge in [0.2, 0.25) is 0 Å². The van der Waals surface area contributed by atoms with Crippen molar-refractivity contribution in [3.05, 3.63) is 41.2 Å². The largest absolute Gasteiger partial charge is 0.497 e. The number of aromatic nitrogens is 2. The lowest BCUT2D eigenvalue weighted by Crippen LogP contribution is -2.15. The van der Waals surface area contributed by atoms with Crippen LogP contribution >= 0.6 is 0 Å². The van der Waals surface area contributed by atoms with E-state index < -0.39 is 11.9 Å². The number of ether oxygens (including phenoxy) is 1. The molecule has 1 aromatic heterocycles. The number of carbonyl (C=O) groups is 2. The number of rotatable bonds is 6. The summed E-state index contributed by atoms with van der Waals surface area (Å²) >= 11 is 0. The molecule has 0 unspecified atom stereocenters. The number of nitrogens with two attached hydrogens (primary N) is 1. The average molecular weight is 305 g/mol. The van der Waals surface area contributed by atoms with Crippen LogP contribution in [0.1, 0.15) is 26.5 Å². The summed E-state index contributed by atoms with van der Waals surface area (Å²) in [6.07, 6.45) is -0.0317. The Morgan fingerprint density at radius 2 is 1.95 bits per heavy atom. The quantitative estimate of drug-likeness (QED) is 0.700. The van der Waals surface area contributed by atoms with Gasteiger partial charge in [-0.2, -0.15) is 5.10 Å². The van der Waals surface area contributed by atoms with Crippen LogP contribution < -0.4 is 10.5 Å². The molecule has 0 saturated heterocycles. The third kappa shape index (κ3) is 2.77. The minimum atomic E-state index is -1.26. The highest BCUT2D eigenvalue weighted by Gasteiger charge is 2.26. The van der Waals surface area contributed by atoms with Crippen molar-refractivity contribution in [3.8, 4) is 11.4 Å². The third-order valence-corrected chi connectivity index (χ3v) is 3.10. The van der Waals surface area contributed by atoms with Crippen LogP contribution in [0.2, 0.25) is 0 Å². The van der Waals surface area contributed by atoms with Crippen molar-refractivity contribution in [3.63, 3.8) is 0 Å². The van der Waals surface area contributed by atoms with Crippen molar-refractivity contribution >= 4 is 11.9 Å². The van der Waals surface area contributed by atoms with Crippen molar-refractivity contribution in [2.24, 2.45) is 5.73 Å². The van der Waals surface area contributed by atoms with E-state index in [1.807, 2.05) is 0 Å². The predicted molar refractivity (Wildman–Crippen MR) is 76.4 cm³/mol. The molecule has 0 radical (unpaired) electrons. The number of aromatic carboxylic acids is 1. The molecule has 22 heavy (non-hydrogen) atoms. The van der Waals surface area contributed by atoms with Crippen molar-refractivity contribution in [1.29, 1.82) is 0 Å². The van der Waals surface area contributed by atoms with E-state index in [-0.39, 0.29) is 30.0 Å². The Labute approximate surface area is 125 Å². The molecule has 2 aromatic rings. The van der Waals surface area contributed by atoms with E-state index in [4.69, 9.17) is 15.6 Å². The van der Waals surface area contributed by atoms with Gasteiger partial charge in [-0.3, -0.25) is 4.79 Å². The molecule has 0 atom stereocenters. The van der Waals surface area contributed by atoms with E-state index >= 15 is 0 Å². The fourth-order valence-electron chi connectivity index (χ4n) is 2.13. The first-order chi connectivity index (χ1) is 10.5. The van der Waals surface area contributed by atoms with Crippen molar-refractivity contribution in [1.82, 2.24) is 9.78 Å². The summed E-state index contributed by atoms with van der Waals surface area (Å²) in [5, 5.41) is 22.5. The number of aliphatic hydroxyl groups excluding tert-OH is 1. The third-order valence-electron chi connectivity index (χ3n) is 3.10. The Kier molecular flexibility index (Phi) is 4.42. The molecular formula is C14H15N3O5. The first-order valence-corrected chi connectivity index (χ1v) is 6.39. The van der Waals surface area contributed by atoms with Crippen LogP contribution in [0, 0.1) is 0 Å². The molecule has 1 aromatic carbocycles. The fraction of sp³-hybridized carbons (Fsp3) is 0.214. The van der Waals surface area contributed by atoms with Crippen LogP contribution in [0.5, 0.6) is 5.75 Å². The second-order valence-corrected chi connectivity index (χ2v) is 4.43. The SMILES string of the molecule is COc1ccc(-n2nc(C(N)=O)c(CCO)c2C(=O)O)cc1. The molecule has 1 heterocycles. The van der Waals surface area contributed by atoms with E-state index in [9.17, 15) is 14.7 Å². The number of carboxylic acid groups (broad SMARTS) is 1. The number of carbonyl (C=O) groups excluding carboxylic acids is 1. The molecule has 8 nitrogen and oxygen atoms in total. The summed E-state index contributed by atoms with van der Waals surface area (Å²) in [6, 6.07) is 6.48. The number of nitrogens with zero attached hydrogens (tertiary/aromatic N) is 2. The summed E-state index contributed by atoms with van der Waals surface area (Å²) in [7, 11) is 1.51. The van der Waals surface area contributed by atoms with Crippen LogP contribution in [0.3, 0.4) is 0 Å². The van der Waals surface area contributed by atoms with Gasteiger partial charge >= 0.3 is 5.97 Å². The lowest BCUT2D eigenvalue weighted by atomic mass is 10.1. The Bertz CT molecular complexity index is 706. The van der Waals surface area contributed by atoms with Gasteiger partial charge in [-0.25, -0.2) is 9.48 Å². The Hall–Kier alpha value is -2.87. The van der Waals surface area contributed by atoms with E-state index in [1.165, 1.54) is 7.11 Å². The average Bonchev–Trinajstić information content (AvgIpc) is 2.87. The molecule has 2 rings (SSSR count). The number of amides is 1. The number of hydrogen-bond acceptors (Lipinski definition) is 5. The summed E-state index contributed by atoms with van der Waals surface area (Å²) < 4.78 is 6.15. The normalized spacial score (nSPS) is 10.5. The number of carboxylic acids is 1. The van der Waals surface area contributed by atoms with E-state index in [0.717, 1.165) is 4.68 Å². The lowest BCUT2D eigenvalue weighted by molar-refractivity contribution is 0.0685. The number of hydrogen-bond donors (Lipinski definition) is 3. The zero-order valence-corrected chi connectivity index (χ0v) is 11.8. The van der Waals surface area contributed by atoms with Gasteiger partial charge in [0.15, 0.2) is 11.4 Å². The first-order valence-electron chi connectivity index (χ1n) is 6.39. The summed E-state index contributed by atoms with van der Waals surface area (Å²) in [4.78, 5) is 23.0. The van der Waals surface area contributed by atoms with E-state index in [2.05, 4.69) is 5.10 Å². The highest BCUT2D eigenvalue weighted by atomic mass is 16.5. The lowest BCUT2D eigenvalue weighted by Gasteiger charge is -2.06. The first kappa shape index (κ1) is 15.5. The van der Waals surface area contributed by atoms with Crippen LogP contribution in [0.4, 0.5) is 0 Å².